The lowest BCUT2D eigenvalue weighted by molar-refractivity contribution is 0.334. The monoisotopic (exact) mass is 233 g/mol. The molecule has 1 atom stereocenters. The van der Waals surface area contributed by atoms with Crippen LogP contribution in [0, 0.1) is 12.3 Å². The zero-order chi connectivity index (χ0) is 12.9. The molecule has 96 valence electrons. The number of aryl methyl sites for hydroxylation is 1. The molecule has 0 aromatic heterocycles. The summed E-state index contributed by atoms with van der Waals surface area (Å²) in [6.45, 7) is 9.10. The van der Waals surface area contributed by atoms with E-state index in [9.17, 15) is 0 Å². The largest absolute Gasteiger partial charge is 0.317 e. The molecule has 0 heterocycles. The summed E-state index contributed by atoms with van der Waals surface area (Å²) in [5, 5.41) is 3.44. The molecule has 17 heavy (non-hydrogen) atoms. The van der Waals surface area contributed by atoms with Gasteiger partial charge in [0.1, 0.15) is 0 Å². The van der Waals surface area contributed by atoms with E-state index in [1.54, 1.807) is 0 Å². The zero-order valence-electron chi connectivity index (χ0n) is 12.0. The van der Waals surface area contributed by atoms with Crippen LogP contribution >= 0.6 is 0 Å². The van der Waals surface area contributed by atoms with Crippen LogP contribution in [0.3, 0.4) is 0 Å². The fourth-order valence-electron chi connectivity index (χ4n) is 2.08. The average molecular weight is 233 g/mol. The second kappa shape index (κ2) is 6.20. The van der Waals surface area contributed by atoms with E-state index in [0.717, 1.165) is 6.42 Å². The SMILES string of the molecule is CNC(CCC(C)(C)C)Cc1cccc(C)c1. The minimum Gasteiger partial charge on any atom is -0.317 e. The van der Waals surface area contributed by atoms with Crippen molar-refractivity contribution >= 4 is 0 Å². The van der Waals surface area contributed by atoms with E-state index in [2.05, 4.69) is 64.3 Å². The second-order valence-corrected chi connectivity index (χ2v) is 6.28. The molecule has 0 spiro atoms. The van der Waals surface area contributed by atoms with Gasteiger partial charge in [-0.1, -0.05) is 50.6 Å². The maximum atomic E-state index is 3.44. The highest BCUT2D eigenvalue weighted by molar-refractivity contribution is 5.22. The Kier molecular flexibility index (Phi) is 5.20. The second-order valence-electron chi connectivity index (χ2n) is 6.28. The van der Waals surface area contributed by atoms with Crippen molar-refractivity contribution in [1.29, 1.82) is 0 Å². The van der Waals surface area contributed by atoms with E-state index < -0.39 is 0 Å². The van der Waals surface area contributed by atoms with Crippen molar-refractivity contribution in [2.75, 3.05) is 7.05 Å². The highest BCUT2D eigenvalue weighted by atomic mass is 14.9. The number of benzene rings is 1. The molecule has 1 aromatic carbocycles. The van der Waals surface area contributed by atoms with Gasteiger partial charge in [-0.3, -0.25) is 0 Å². The van der Waals surface area contributed by atoms with Crippen LogP contribution in [0.1, 0.15) is 44.7 Å². The van der Waals surface area contributed by atoms with Gasteiger partial charge in [-0.2, -0.15) is 0 Å². The van der Waals surface area contributed by atoms with Crippen LogP contribution in [0.2, 0.25) is 0 Å². The highest BCUT2D eigenvalue weighted by Gasteiger charge is 2.14. The molecular weight excluding hydrogens is 206 g/mol. The Bertz CT molecular complexity index is 336. The van der Waals surface area contributed by atoms with E-state index >= 15 is 0 Å². The van der Waals surface area contributed by atoms with E-state index in [1.165, 1.54) is 24.0 Å². The molecule has 1 aromatic rings. The molecule has 1 unspecified atom stereocenters. The van der Waals surface area contributed by atoms with Crippen molar-refractivity contribution in [2.24, 2.45) is 5.41 Å². The lowest BCUT2D eigenvalue weighted by Gasteiger charge is -2.23. The Morgan fingerprint density at radius 1 is 1.24 bits per heavy atom. The molecule has 0 fully saturated rings. The van der Waals surface area contributed by atoms with Crippen LogP contribution in [0.15, 0.2) is 24.3 Å². The molecule has 1 nitrogen and oxygen atoms in total. The summed E-state index contributed by atoms with van der Waals surface area (Å²) in [6, 6.07) is 9.43. The van der Waals surface area contributed by atoms with Crippen molar-refractivity contribution in [2.45, 2.75) is 53.0 Å². The van der Waals surface area contributed by atoms with Gasteiger partial charge in [-0.05, 0) is 44.2 Å². The molecule has 1 heteroatoms. The Morgan fingerprint density at radius 3 is 2.47 bits per heavy atom. The van der Waals surface area contributed by atoms with Crippen LogP contribution in [0.25, 0.3) is 0 Å². The third-order valence-electron chi connectivity index (χ3n) is 3.22. The molecular formula is C16H27N. The molecule has 0 radical (unpaired) electrons. The summed E-state index contributed by atoms with van der Waals surface area (Å²) in [5.41, 5.74) is 3.23. The summed E-state index contributed by atoms with van der Waals surface area (Å²) in [6.07, 6.45) is 3.65. The predicted molar refractivity (Wildman–Crippen MR) is 76.4 cm³/mol. The van der Waals surface area contributed by atoms with Gasteiger partial charge in [-0.25, -0.2) is 0 Å². The number of hydrogen-bond donors (Lipinski definition) is 1. The lowest BCUT2D eigenvalue weighted by atomic mass is 9.87. The third kappa shape index (κ3) is 5.88. The quantitative estimate of drug-likeness (QED) is 0.812. The van der Waals surface area contributed by atoms with Gasteiger partial charge in [-0.15, -0.1) is 0 Å². The van der Waals surface area contributed by atoms with Crippen molar-refractivity contribution in [3.05, 3.63) is 35.4 Å². The molecule has 0 amide bonds. The molecule has 1 N–H and O–H groups in total. The normalized spacial score (nSPS) is 13.7. The van der Waals surface area contributed by atoms with Crippen LogP contribution in [-0.2, 0) is 6.42 Å². The lowest BCUT2D eigenvalue weighted by Crippen LogP contribution is -2.29. The average Bonchev–Trinajstić information content (AvgIpc) is 2.23. The van der Waals surface area contributed by atoms with Gasteiger partial charge in [0.2, 0.25) is 0 Å². The summed E-state index contributed by atoms with van der Waals surface area (Å²) in [4.78, 5) is 0. The summed E-state index contributed by atoms with van der Waals surface area (Å²) < 4.78 is 0. The van der Waals surface area contributed by atoms with E-state index in [0.29, 0.717) is 11.5 Å². The molecule has 0 bridgehead atoms. The molecule has 0 saturated heterocycles. The maximum absolute atomic E-state index is 3.44. The fraction of sp³-hybridized carbons (Fsp3) is 0.625. The molecule has 0 aliphatic rings. The van der Waals surface area contributed by atoms with Crippen molar-refractivity contribution in [3.63, 3.8) is 0 Å². The third-order valence-corrected chi connectivity index (χ3v) is 3.22. The predicted octanol–water partition coefficient (Wildman–Crippen LogP) is 3.95. The van der Waals surface area contributed by atoms with Gasteiger partial charge >= 0.3 is 0 Å². The molecule has 0 aliphatic carbocycles. The summed E-state index contributed by atoms with van der Waals surface area (Å²) >= 11 is 0. The Balaban J connectivity index is 2.52. The van der Waals surface area contributed by atoms with Gasteiger partial charge in [0.25, 0.3) is 0 Å². The van der Waals surface area contributed by atoms with E-state index in [1.807, 2.05) is 0 Å². The first-order valence-electron chi connectivity index (χ1n) is 6.63. The van der Waals surface area contributed by atoms with Gasteiger partial charge in [0.05, 0.1) is 0 Å². The zero-order valence-corrected chi connectivity index (χ0v) is 12.0. The first-order valence-corrected chi connectivity index (χ1v) is 6.63. The van der Waals surface area contributed by atoms with Crippen LogP contribution in [0.4, 0.5) is 0 Å². The first-order chi connectivity index (χ1) is 7.90. The molecule has 0 aliphatic heterocycles. The van der Waals surface area contributed by atoms with Crippen molar-refractivity contribution in [3.8, 4) is 0 Å². The van der Waals surface area contributed by atoms with Gasteiger partial charge in [0.15, 0.2) is 0 Å². The highest BCUT2D eigenvalue weighted by Crippen LogP contribution is 2.22. The smallest absolute Gasteiger partial charge is 0.0105 e. The molecule has 1 rings (SSSR count). The maximum Gasteiger partial charge on any atom is 0.0105 e. The Hall–Kier alpha value is -0.820. The summed E-state index contributed by atoms with van der Waals surface area (Å²) in [5.74, 6) is 0. The van der Waals surface area contributed by atoms with Gasteiger partial charge < -0.3 is 5.32 Å². The minimum absolute atomic E-state index is 0.432. The van der Waals surface area contributed by atoms with E-state index in [4.69, 9.17) is 0 Å². The number of likely N-dealkylation sites (N-methyl/N-ethyl adjacent to an activating group) is 1. The van der Waals surface area contributed by atoms with Crippen LogP contribution in [0.5, 0.6) is 0 Å². The number of hydrogen-bond acceptors (Lipinski definition) is 1. The Labute approximate surface area is 107 Å². The first kappa shape index (κ1) is 14.2. The van der Waals surface area contributed by atoms with Crippen LogP contribution in [-0.4, -0.2) is 13.1 Å². The number of rotatable bonds is 5. The number of nitrogens with one attached hydrogen (secondary N) is 1. The standard InChI is InChI=1S/C16H27N/c1-13-7-6-8-14(11-13)12-15(17-5)9-10-16(2,3)4/h6-8,11,15,17H,9-10,12H2,1-5H3. The summed E-state index contributed by atoms with van der Waals surface area (Å²) in [7, 11) is 2.07. The van der Waals surface area contributed by atoms with Crippen molar-refractivity contribution < 1.29 is 0 Å². The minimum atomic E-state index is 0.432. The van der Waals surface area contributed by atoms with Crippen molar-refractivity contribution in [1.82, 2.24) is 5.32 Å². The molecule has 0 saturated carbocycles. The van der Waals surface area contributed by atoms with E-state index in [-0.39, 0.29) is 0 Å². The van der Waals surface area contributed by atoms with Crippen LogP contribution < -0.4 is 5.32 Å². The van der Waals surface area contributed by atoms with Gasteiger partial charge in [0, 0.05) is 6.04 Å². The topological polar surface area (TPSA) is 12.0 Å². The fourth-order valence-corrected chi connectivity index (χ4v) is 2.08. The Morgan fingerprint density at radius 2 is 1.94 bits per heavy atom.